The summed E-state index contributed by atoms with van der Waals surface area (Å²) in [6.07, 6.45) is 2.22. The van der Waals surface area contributed by atoms with E-state index in [9.17, 15) is 18.0 Å². The van der Waals surface area contributed by atoms with E-state index in [1.807, 2.05) is 35.2 Å². The van der Waals surface area contributed by atoms with Gasteiger partial charge in [0.25, 0.3) is 0 Å². The van der Waals surface area contributed by atoms with Crippen LogP contribution >= 0.6 is 0 Å². The maximum atomic E-state index is 12.5. The number of likely N-dealkylation sites (tertiary alicyclic amines) is 1. The fourth-order valence-electron chi connectivity index (χ4n) is 3.52. The summed E-state index contributed by atoms with van der Waals surface area (Å²) in [5.41, 5.74) is 1.70. The highest BCUT2D eigenvalue weighted by molar-refractivity contribution is 7.89. The van der Waals surface area contributed by atoms with E-state index in [2.05, 4.69) is 10.0 Å². The molecule has 7 nitrogen and oxygen atoms in total. The van der Waals surface area contributed by atoms with Crippen molar-refractivity contribution >= 4 is 27.5 Å². The Bertz CT molecular complexity index is 967. The maximum Gasteiger partial charge on any atom is 0.240 e. The van der Waals surface area contributed by atoms with Gasteiger partial charge in [0.05, 0.1) is 4.90 Å². The number of rotatable bonds is 7. The average molecular weight is 430 g/mol. The van der Waals surface area contributed by atoms with Gasteiger partial charge in [-0.1, -0.05) is 30.3 Å². The summed E-state index contributed by atoms with van der Waals surface area (Å²) in [4.78, 5) is 27.0. The number of hydrogen-bond acceptors (Lipinski definition) is 4. The first kappa shape index (κ1) is 22.0. The zero-order chi connectivity index (χ0) is 21.6. The number of hydrogen-bond donors (Lipinski definition) is 2. The summed E-state index contributed by atoms with van der Waals surface area (Å²) >= 11 is 0. The molecule has 2 aromatic rings. The average Bonchev–Trinajstić information content (AvgIpc) is 2.78. The number of sulfonamides is 1. The quantitative estimate of drug-likeness (QED) is 0.707. The SMILES string of the molecule is CNS(=O)(=O)c1ccc(CCC(=O)N2CCC(C(=O)Nc3ccccc3)CC2)cc1. The van der Waals surface area contributed by atoms with Crippen molar-refractivity contribution in [1.82, 2.24) is 9.62 Å². The summed E-state index contributed by atoms with van der Waals surface area (Å²) < 4.78 is 25.8. The van der Waals surface area contributed by atoms with Crippen molar-refractivity contribution in [2.75, 3.05) is 25.5 Å². The largest absolute Gasteiger partial charge is 0.343 e. The molecule has 2 aromatic carbocycles. The Kier molecular flexibility index (Phi) is 7.23. The van der Waals surface area contributed by atoms with Crippen molar-refractivity contribution in [3.8, 4) is 0 Å². The van der Waals surface area contributed by atoms with Gasteiger partial charge >= 0.3 is 0 Å². The second-order valence-corrected chi connectivity index (χ2v) is 9.25. The first-order chi connectivity index (χ1) is 14.4. The molecule has 1 fully saturated rings. The van der Waals surface area contributed by atoms with E-state index in [1.54, 1.807) is 24.3 Å². The zero-order valence-electron chi connectivity index (χ0n) is 17.0. The van der Waals surface area contributed by atoms with Crippen LogP contribution in [0, 0.1) is 5.92 Å². The smallest absolute Gasteiger partial charge is 0.240 e. The summed E-state index contributed by atoms with van der Waals surface area (Å²) in [6.45, 7) is 1.15. The number of nitrogens with zero attached hydrogens (tertiary/aromatic N) is 1. The molecule has 1 heterocycles. The van der Waals surface area contributed by atoms with Crippen LogP contribution in [0.5, 0.6) is 0 Å². The van der Waals surface area contributed by atoms with E-state index in [1.165, 1.54) is 7.05 Å². The first-order valence-corrected chi connectivity index (χ1v) is 11.5. The van der Waals surface area contributed by atoms with Crippen molar-refractivity contribution in [2.45, 2.75) is 30.6 Å². The van der Waals surface area contributed by atoms with Gasteiger partial charge in [-0.15, -0.1) is 0 Å². The predicted molar refractivity (Wildman–Crippen MR) is 115 cm³/mol. The van der Waals surface area contributed by atoms with E-state index < -0.39 is 10.0 Å². The lowest BCUT2D eigenvalue weighted by atomic mass is 9.95. The van der Waals surface area contributed by atoms with E-state index in [0.29, 0.717) is 38.8 Å². The number of carbonyl (C=O) groups excluding carboxylic acids is 2. The molecule has 0 saturated carbocycles. The Morgan fingerprint density at radius 3 is 2.23 bits per heavy atom. The number of amides is 2. The third-order valence-electron chi connectivity index (χ3n) is 5.39. The summed E-state index contributed by atoms with van der Waals surface area (Å²) in [7, 11) is -2.08. The maximum absolute atomic E-state index is 12.5. The molecule has 2 amide bonds. The summed E-state index contributed by atoms with van der Waals surface area (Å²) in [6, 6.07) is 15.9. The third-order valence-corrected chi connectivity index (χ3v) is 6.82. The normalized spacial score (nSPS) is 15.0. The van der Waals surface area contributed by atoms with Crippen LogP contribution in [0.3, 0.4) is 0 Å². The molecule has 1 aliphatic rings. The lowest BCUT2D eigenvalue weighted by Crippen LogP contribution is -2.41. The van der Waals surface area contributed by atoms with Crippen LogP contribution in [0.2, 0.25) is 0 Å². The fraction of sp³-hybridized carbons (Fsp3) is 0.364. The number of para-hydroxylation sites is 1. The molecule has 2 N–H and O–H groups in total. The highest BCUT2D eigenvalue weighted by Gasteiger charge is 2.27. The van der Waals surface area contributed by atoms with Crippen molar-refractivity contribution in [1.29, 1.82) is 0 Å². The monoisotopic (exact) mass is 429 g/mol. The first-order valence-electron chi connectivity index (χ1n) is 10.1. The van der Waals surface area contributed by atoms with Crippen LogP contribution in [0.1, 0.15) is 24.8 Å². The lowest BCUT2D eigenvalue weighted by molar-refractivity contribution is -0.134. The van der Waals surface area contributed by atoms with Crippen LogP contribution in [0.25, 0.3) is 0 Å². The van der Waals surface area contributed by atoms with Gasteiger partial charge in [0.2, 0.25) is 21.8 Å². The number of aryl methyl sites for hydroxylation is 1. The Balaban J connectivity index is 1.44. The Morgan fingerprint density at radius 1 is 1.00 bits per heavy atom. The van der Waals surface area contributed by atoms with Crippen LogP contribution in [-0.4, -0.2) is 45.3 Å². The Morgan fingerprint density at radius 2 is 1.63 bits per heavy atom. The highest BCUT2D eigenvalue weighted by Crippen LogP contribution is 2.20. The van der Waals surface area contributed by atoms with Crippen LogP contribution in [0.15, 0.2) is 59.5 Å². The number of nitrogens with one attached hydrogen (secondary N) is 2. The molecular formula is C22H27N3O4S. The van der Waals surface area contributed by atoms with Gasteiger partial charge in [0.1, 0.15) is 0 Å². The molecule has 0 radical (unpaired) electrons. The predicted octanol–water partition coefficient (Wildman–Crippen LogP) is 2.40. The molecule has 30 heavy (non-hydrogen) atoms. The molecule has 0 aliphatic carbocycles. The molecule has 0 atom stereocenters. The fourth-order valence-corrected chi connectivity index (χ4v) is 4.25. The third kappa shape index (κ3) is 5.67. The standard InChI is InChI=1S/C22H27N3O4S/c1-23-30(28,29)20-10-7-17(8-11-20)9-12-21(26)25-15-13-18(14-16-25)22(27)24-19-5-3-2-4-6-19/h2-8,10-11,18,23H,9,12-16H2,1H3,(H,24,27). The van der Waals surface area contributed by atoms with E-state index in [0.717, 1.165) is 11.3 Å². The van der Waals surface area contributed by atoms with E-state index in [-0.39, 0.29) is 22.6 Å². The van der Waals surface area contributed by atoms with Crippen molar-refractivity contribution in [2.24, 2.45) is 5.92 Å². The van der Waals surface area contributed by atoms with Crippen molar-refractivity contribution in [3.05, 3.63) is 60.2 Å². The Hall–Kier alpha value is -2.71. The van der Waals surface area contributed by atoms with Gasteiger partial charge in [0.15, 0.2) is 0 Å². The molecular weight excluding hydrogens is 402 g/mol. The molecule has 160 valence electrons. The van der Waals surface area contributed by atoms with Gasteiger partial charge in [0, 0.05) is 31.1 Å². The molecule has 0 spiro atoms. The molecule has 0 bridgehead atoms. The van der Waals surface area contributed by atoms with Gasteiger partial charge < -0.3 is 10.2 Å². The molecule has 1 saturated heterocycles. The topological polar surface area (TPSA) is 95.6 Å². The second kappa shape index (κ2) is 9.86. The lowest BCUT2D eigenvalue weighted by Gasteiger charge is -2.31. The second-order valence-electron chi connectivity index (χ2n) is 7.36. The van der Waals surface area contributed by atoms with Gasteiger partial charge in [-0.25, -0.2) is 13.1 Å². The minimum atomic E-state index is -3.45. The molecule has 8 heteroatoms. The number of anilines is 1. The van der Waals surface area contributed by atoms with Gasteiger partial charge in [-0.3, -0.25) is 9.59 Å². The van der Waals surface area contributed by atoms with Crippen LogP contribution < -0.4 is 10.0 Å². The molecule has 0 unspecified atom stereocenters. The minimum absolute atomic E-state index is 0.00455. The van der Waals surface area contributed by atoms with Crippen LogP contribution in [-0.2, 0) is 26.0 Å². The number of benzene rings is 2. The summed E-state index contributed by atoms with van der Waals surface area (Å²) in [5, 5.41) is 2.93. The number of piperidine rings is 1. The minimum Gasteiger partial charge on any atom is -0.343 e. The van der Waals surface area contributed by atoms with Crippen LogP contribution in [0.4, 0.5) is 5.69 Å². The molecule has 0 aromatic heterocycles. The van der Waals surface area contributed by atoms with Gasteiger partial charge in [-0.2, -0.15) is 0 Å². The van der Waals surface area contributed by atoms with Crippen molar-refractivity contribution < 1.29 is 18.0 Å². The molecule has 3 rings (SSSR count). The number of carbonyl (C=O) groups is 2. The Labute approximate surface area is 177 Å². The highest BCUT2D eigenvalue weighted by atomic mass is 32.2. The summed E-state index contributed by atoms with van der Waals surface area (Å²) in [5.74, 6) is -0.0234. The zero-order valence-corrected chi connectivity index (χ0v) is 17.8. The van der Waals surface area contributed by atoms with Crippen molar-refractivity contribution in [3.63, 3.8) is 0 Å². The van der Waals surface area contributed by atoms with Gasteiger partial charge in [-0.05, 0) is 56.1 Å². The van der Waals surface area contributed by atoms with E-state index in [4.69, 9.17) is 0 Å². The van der Waals surface area contributed by atoms with E-state index >= 15 is 0 Å². The molecule has 1 aliphatic heterocycles.